The lowest BCUT2D eigenvalue weighted by atomic mass is 9.87. The summed E-state index contributed by atoms with van der Waals surface area (Å²) in [6, 6.07) is 10.1. The predicted octanol–water partition coefficient (Wildman–Crippen LogP) is 3.88. The van der Waals surface area contributed by atoms with Gasteiger partial charge >= 0.3 is 0 Å². The van der Waals surface area contributed by atoms with Crippen LogP contribution < -0.4 is 5.32 Å². The van der Waals surface area contributed by atoms with Gasteiger partial charge in [0, 0.05) is 12.4 Å². The number of carbonyl (C=O) groups excluding carboxylic acids is 1. The van der Waals surface area contributed by atoms with Crippen molar-refractivity contribution >= 4 is 17.5 Å². The van der Waals surface area contributed by atoms with Crippen LogP contribution in [0.5, 0.6) is 0 Å². The average Bonchev–Trinajstić information content (AvgIpc) is 3.25. The molecule has 0 spiro atoms. The summed E-state index contributed by atoms with van der Waals surface area (Å²) in [7, 11) is 0. The third-order valence-electron chi connectivity index (χ3n) is 4.23. The Morgan fingerprint density at radius 2 is 1.95 bits per heavy atom. The average molecular weight is 294 g/mol. The standard InChI is InChI=1S/C17H24ClNO/c1-16(2,9-6-12-18)13-19-15(20)17(10-11-17)14-7-4-3-5-8-14/h3-5,7-8H,6,9-13H2,1-2H3,(H,19,20). The van der Waals surface area contributed by atoms with Gasteiger partial charge in [0.15, 0.2) is 0 Å². The molecular formula is C17H24ClNO. The van der Waals surface area contributed by atoms with Crippen molar-refractivity contribution in [1.29, 1.82) is 0 Å². The molecule has 1 saturated carbocycles. The van der Waals surface area contributed by atoms with Crippen molar-refractivity contribution in [2.75, 3.05) is 12.4 Å². The first-order valence-corrected chi connectivity index (χ1v) is 7.93. The zero-order chi connectivity index (χ0) is 14.6. The van der Waals surface area contributed by atoms with Gasteiger partial charge < -0.3 is 5.32 Å². The van der Waals surface area contributed by atoms with Crippen molar-refractivity contribution < 1.29 is 4.79 Å². The Morgan fingerprint density at radius 3 is 2.50 bits per heavy atom. The summed E-state index contributed by atoms with van der Waals surface area (Å²) in [5.41, 5.74) is 0.997. The van der Waals surface area contributed by atoms with E-state index in [1.54, 1.807) is 0 Å². The molecule has 1 fully saturated rings. The molecule has 1 aromatic carbocycles. The Labute approximate surface area is 126 Å². The Bertz CT molecular complexity index is 451. The molecule has 0 atom stereocenters. The molecule has 20 heavy (non-hydrogen) atoms. The first-order chi connectivity index (χ1) is 9.50. The molecule has 1 aliphatic carbocycles. The number of halogens is 1. The molecule has 3 heteroatoms. The van der Waals surface area contributed by atoms with Gasteiger partial charge in [0.1, 0.15) is 0 Å². The molecule has 1 aromatic rings. The van der Waals surface area contributed by atoms with Crippen LogP contribution in [-0.4, -0.2) is 18.3 Å². The third kappa shape index (κ3) is 3.54. The number of alkyl halides is 1. The molecule has 0 bridgehead atoms. The first kappa shape index (κ1) is 15.4. The van der Waals surface area contributed by atoms with Crippen molar-refractivity contribution in [2.24, 2.45) is 5.41 Å². The molecule has 0 heterocycles. The normalized spacial score (nSPS) is 16.8. The molecule has 2 rings (SSSR count). The molecule has 0 radical (unpaired) electrons. The van der Waals surface area contributed by atoms with Crippen molar-refractivity contribution in [1.82, 2.24) is 5.32 Å². The van der Waals surface area contributed by atoms with E-state index in [2.05, 4.69) is 31.3 Å². The number of hydrogen-bond acceptors (Lipinski definition) is 1. The summed E-state index contributed by atoms with van der Waals surface area (Å²) >= 11 is 5.75. The SMILES string of the molecule is CC(C)(CCCCl)CNC(=O)C1(c2ccccc2)CC1. The molecule has 0 saturated heterocycles. The van der Waals surface area contributed by atoms with E-state index in [4.69, 9.17) is 11.6 Å². The van der Waals surface area contributed by atoms with Gasteiger partial charge in [0.05, 0.1) is 5.41 Å². The van der Waals surface area contributed by atoms with Crippen LogP contribution in [0.25, 0.3) is 0 Å². The second-order valence-electron chi connectivity index (χ2n) is 6.59. The monoisotopic (exact) mass is 293 g/mol. The highest BCUT2D eigenvalue weighted by Crippen LogP contribution is 2.48. The van der Waals surface area contributed by atoms with Crippen molar-refractivity contribution in [3.63, 3.8) is 0 Å². The van der Waals surface area contributed by atoms with Gasteiger partial charge in [-0.2, -0.15) is 0 Å². The smallest absolute Gasteiger partial charge is 0.230 e. The molecule has 0 aliphatic heterocycles. The third-order valence-corrected chi connectivity index (χ3v) is 4.49. The maximum Gasteiger partial charge on any atom is 0.230 e. The number of nitrogens with one attached hydrogen (secondary N) is 1. The van der Waals surface area contributed by atoms with Crippen molar-refractivity contribution in [2.45, 2.75) is 44.9 Å². The van der Waals surface area contributed by atoms with Crippen molar-refractivity contribution in [3.05, 3.63) is 35.9 Å². The van der Waals surface area contributed by atoms with Crippen LogP contribution in [0.2, 0.25) is 0 Å². The molecule has 1 N–H and O–H groups in total. The molecule has 0 unspecified atom stereocenters. The van der Waals surface area contributed by atoms with E-state index in [9.17, 15) is 4.79 Å². The fourth-order valence-corrected chi connectivity index (χ4v) is 2.79. The first-order valence-electron chi connectivity index (χ1n) is 7.40. The maximum absolute atomic E-state index is 12.5. The molecule has 2 nitrogen and oxygen atoms in total. The van der Waals surface area contributed by atoms with Crippen LogP contribution >= 0.6 is 11.6 Å². The molecule has 110 valence electrons. The predicted molar refractivity (Wildman–Crippen MR) is 84.1 cm³/mol. The topological polar surface area (TPSA) is 29.1 Å². The van der Waals surface area contributed by atoms with Gasteiger partial charge in [-0.1, -0.05) is 44.2 Å². The summed E-state index contributed by atoms with van der Waals surface area (Å²) in [6.07, 6.45) is 3.96. The summed E-state index contributed by atoms with van der Waals surface area (Å²) in [5.74, 6) is 0.869. The largest absolute Gasteiger partial charge is 0.355 e. The quantitative estimate of drug-likeness (QED) is 0.760. The number of benzene rings is 1. The van der Waals surface area contributed by atoms with Gasteiger partial charge in [-0.05, 0) is 36.7 Å². The van der Waals surface area contributed by atoms with Crippen LogP contribution in [0.4, 0.5) is 0 Å². The van der Waals surface area contributed by atoms with Crippen LogP contribution in [0.15, 0.2) is 30.3 Å². The second-order valence-corrected chi connectivity index (χ2v) is 6.97. The number of amides is 1. The molecule has 1 amide bonds. The molecule has 0 aromatic heterocycles. The van der Waals surface area contributed by atoms with E-state index in [0.29, 0.717) is 5.88 Å². The second kappa shape index (κ2) is 6.17. The van der Waals surface area contributed by atoms with Crippen LogP contribution in [-0.2, 0) is 10.2 Å². The van der Waals surface area contributed by atoms with Gasteiger partial charge in [0.25, 0.3) is 0 Å². The molecular weight excluding hydrogens is 270 g/mol. The Morgan fingerprint density at radius 1 is 1.30 bits per heavy atom. The summed E-state index contributed by atoms with van der Waals surface area (Å²) < 4.78 is 0. The highest BCUT2D eigenvalue weighted by atomic mass is 35.5. The van der Waals surface area contributed by atoms with E-state index in [0.717, 1.165) is 37.8 Å². The lowest BCUT2D eigenvalue weighted by molar-refractivity contribution is -0.124. The molecule has 1 aliphatic rings. The fraction of sp³-hybridized carbons (Fsp3) is 0.588. The number of rotatable bonds is 7. The maximum atomic E-state index is 12.5. The van der Waals surface area contributed by atoms with Crippen molar-refractivity contribution in [3.8, 4) is 0 Å². The zero-order valence-electron chi connectivity index (χ0n) is 12.4. The zero-order valence-corrected chi connectivity index (χ0v) is 13.2. The van der Waals surface area contributed by atoms with E-state index in [1.165, 1.54) is 0 Å². The minimum atomic E-state index is -0.260. The Kier molecular flexibility index (Phi) is 4.74. The minimum Gasteiger partial charge on any atom is -0.355 e. The van der Waals surface area contributed by atoms with Gasteiger partial charge in [-0.3, -0.25) is 4.79 Å². The van der Waals surface area contributed by atoms with E-state index in [1.807, 2.05) is 18.2 Å². The number of hydrogen-bond donors (Lipinski definition) is 1. The van der Waals surface area contributed by atoms with Crippen LogP contribution in [0.3, 0.4) is 0 Å². The lowest BCUT2D eigenvalue weighted by Crippen LogP contribution is -2.40. The van der Waals surface area contributed by atoms with Gasteiger partial charge in [0.2, 0.25) is 5.91 Å². The summed E-state index contributed by atoms with van der Waals surface area (Å²) in [4.78, 5) is 12.5. The summed E-state index contributed by atoms with van der Waals surface area (Å²) in [5, 5.41) is 3.15. The van der Waals surface area contributed by atoms with E-state index in [-0.39, 0.29) is 16.7 Å². The van der Waals surface area contributed by atoms with Gasteiger partial charge in [-0.15, -0.1) is 11.6 Å². The van der Waals surface area contributed by atoms with Crippen LogP contribution in [0.1, 0.15) is 45.1 Å². The summed E-state index contributed by atoms with van der Waals surface area (Å²) in [6.45, 7) is 5.08. The Balaban J connectivity index is 1.93. The van der Waals surface area contributed by atoms with Gasteiger partial charge in [-0.25, -0.2) is 0 Å². The fourth-order valence-electron chi connectivity index (χ4n) is 2.65. The number of carbonyl (C=O) groups is 1. The minimum absolute atomic E-state index is 0.108. The lowest BCUT2D eigenvalue weighted by Gasteiger charge is -2.26. The highest BCUT2D eigenvalue weighted by Gasteiger charge is 2.51. The van der Waals surface area contributed by atoms with E-state index >= 15 is 0 Å². The Hall–Kier alpha value is -1.02. The van der Waals surface area contributed by atoms with Crippen LogP contribution in [0, 0.1) is 5.41 Å². The van der Waals surface area contributed by atoms with E-state index < -0.39 is 0 Å². The highest BCUT2D eigenvalue weighted by molar-refractivity contribution is 6.17.